The minimum atomic E-state index is -4.34. The van der Waals surface area contributed by atoms with E-state index in [-0.39, 0.29) is 6.04 Å². The van der Waals surface area contributed by atoms with E-state index in [2.05, 4.69) is 15.3 Å². The highest BCUT2D eigenvalue weighted by Gasteiger charge is 2.34. The van der Waals surface area contributed by atoms with Crippen molar-refractivity contribution in [2.45, 2.75) is 44.4 Å². The van der Waals surface area contributed by atoms with E-state index in [4.69, 9.17) is 0 Å². The van der Waals surface area contributed by atoms with Crippen molar-refractivity contribution < 1.29 is 13.2 Å². The number of H-pyrrole nitrogens is 1. The van der Waals surface area contributed by atoms with E-state index in [1.54, 1.807) is 0 Å². The number of nitrogens with zero attached hydrogens (tertiary/aromatic N) is 1. The van der Waals surface area contributed by atoms with Crippen LogP contribution >= 0.6 is 0 Å². The molecule has 2 rings (SSSR count). The Bertz CT molecular complexity index is 358. The van der Waals surface area contributed by atoms with E-state index in [0.29, 0.717) is 11.9 Å². The first kappa shape index (κ1) is 11.4. The second kappa shape index (κ2) is 4.08. The van der Waals surface area contributed by atoms with Crippen molar-refractivity contribution in [2.24, 2.45) is 0 Å². The molecule has 0 saturated carbocycles. The first-order chi connectivity index (χ1) is 7.47. The molecule has 1 aromatic rings. The van der Waals surface area contributed by atoms with Crippen molar-refractivity contribution in [2.75, 3.05) is 0 Å². The Morgan fingerprint density at radius 3 is 2.69 bits per heavy atom. The maximum atomic E-state index is 12.4. The lowest BCUT2D eigenvalue weighted by atomic mass is 9.99. The van der Waals surface area contributed by atoms with Gasteiger partial charge in [-0.1, -0.05) is 0 Å². The highest BCUT2D eigenvalue weighted by atomic mass is 19.4. The average Bonchev–Trinajstić information content (AvgIpc) is 2.65. The Hall–Kier alpha value is -1.04. The minimum Gasteiger partial charge on any atom is -0.337 e. The number of alkyl halides is 3. The van der Waals surface area contributed by atoms with Gasteiger partial charge >= 0.3 is 6.18 Å². The van der Waals surface area contributed by atoms with E-state index >= 15 is 0 Å². The molecule has 1 fully saturated rings. The Balaban J connectivity index is 2.12. The van der Waals surface area contributed by atoms with Crippen LogP contribution in [-0.2, 0) is 6.18 Å². The molecule has 16 heavy (non-hydrogen) atoms. The highest BCUT2D eigenvalue weighted by molar-refractivity contribution is 5.08. The molecule has 1 aromatic heterocycles. The van der Waals surface area contributed by atoms with Gasteiger partial charge in [-0.25, -0.2) is 4.98 Å². The van der Waals surface area contributed by atoms with Gasteiger partial charge in [0.25, 0.3) is 0 Å². The molecule has 0 aliphatic carbocycles. The van der Waals surface area contributed by atoms with Crippen LogP contribution in [0.3, 0.4) is 0 Å². The molecular formula is C10H14F3N3. The lowest BCUT2D eigenvalue weighted by Crippen LogP contribution is -2.35. The first-order valence-corrected chi connectivity index (χ1v) is 5.35. The minimum absolute atomic E-state index is 0.0835. The predicted molar refractivity (Wildman–Crippen MR) is 52.8 cm³/mol. The van der Waals surface area contributed by atoms with Crippen molar-refractivity contribution in [3.05, 3.63) is 17.7 Å². The number of piperidine rings is 1. The first-order valence-electron chi connectivity index (χ1n) is 5.35. The average molecular weight is 233 g/mol. The number of imidazole rings is 1. The van der Waals surface area contributed by atoms with Crippen molar-refractivity contribution in [3.8, 4) is 0 Å². The monoisotopic (exact) mass is 233 g/mol. The number of halogens is 3. The van der Waals surface area contributed by atoms with Crippen LogP contribution in [-0.4, -0.2) is 16.0 Å². The summed E-state index contributed by atoms with van der Waals surface area (Å²) in [6.45, 7) is 2.03. The summed E-state index contributed by atoms with van der Waals surface area (Å²) in [6.07, 6.45) is -0.582. The van der Waals surface area contributed by atoms with Gasteiger partial charge in [0, 0.05) is 6.04 Å². The third kappa shape index (κ3) is 2.37. The Labute approximate surface area is 91.5 Å². The normalized spacial score (nSPS) is 27.0. The maximum absolute atomic E-state index is 12.4. The van der Waals surface area contributed by atoms with Gasteiger partial charge in [0.05, 0.1) is 12.2 Å². The van der Waals surface area contributed by atoms with Crippen molar-refractivity contribution >= 4 is 0 Å². The molecule has 2 atom stereocenters. The molecule has 90 valence electrons. The van der Waals surface area contributed by atoms with Gasteiger partial charge < -0.3 is 10.3 Å². The summed E-state index contributed by atoms with van der Waals surface area (Å²) < 4.78 is 37.1. The molecule has 0 amide bonds. The summed E-state index contributed by atoms with van der Waals surface area (Å²) >= 11 is 0. The predicted octanol–water partition coefficient (Wildman–Crippen LogP) is 2.63. The van der Waals surface area contributed by atoms with Crippen LogP contribution in [0.5, 0.6) is 0 Å². The third-order valence-corrected chi connectivity index (χ3v) is 2.85. The molecule has 2 unspecified atom stereocenters. The standard InChI is InChI=1S/C10H14F3N3/c1-6-3-2-4-7(15-6)9-14-5-8(16-9)10(11,12)13/h5-7,15H,2-4H2,1H3,(H,14,16). The van der Waals surface area contributed by atoms with Crippen LogP contribution < -0.4 is 5.32 Å². The number of hydrogen-bond donors (Lipinski definition) is 2. The fourth-order valence-corrected chi connectivity index (χ4v) is 2.01. The zero-order valence-corrected chi connectivity index (χ0v) is 8.93. The molecule has 6 heteroatoms. The molecule has 1 saturated heterocycles. The highest BCUT2D eigenvalue weighted by Crippen LogP contribution is 2.30. The van der Waals surface area contributed by atoms with E-state index in [9.17, 15) is 13.2 Å². The van der Waals surface area contributed by atoms with Gasteiger partial charge in [-0.3, -0.25) is 0 Å². The van der Waals surface area contributed by atoms with Gasteiger partial charge in [0.15, 0.2) is 0 Å². The molecule has 0 spiro atoms. The Morgan fingerprint density at radius 2 is 2.12 bits per heavy atom. The van der Waals surface area contributed by atoms with Crippen LogP contribution in [0.2, 0.25) is 0 Å². The van der Waals surface area contributed by atoms with Gasteiger partial charge in [-0.05, 0) is 26.2 Å². The summed E-state index contributed by atoms with van der Waals surface area (Å²) in [6, 6.07) is 0.248. The molecule has 0 radical (unpaired) electrons. The SMILES string of the molecule is CC1CCCC(c2ncc(C(F)(F)F)[nH]2)N1. The van der Waals surface area contributed by atoms with Crippen LogP contribution in [0.1, 0.15) is 43.7 Å². The molecule has 0 bridgehead atoms. The molecule has 0 aromatic carbocycles. The van der Waals surface area contributed by atoms with Crippen molar-refractivity contribution in [3.63, 3.8) is 0 Å². The lowest BCUT2D eigenvalue weighted by Gasteiger charge is -2.27. The number of hydrogen-bond acceptors (Lipinski definition) is 2. The van der Waals surface area contributed by atoms with Crippen LogP contribution in [0.4, 0.5) is 13.2 Å². The van der Waals surface area contributed by atoms with Gasteiger partial charge in [0.1, 0.15) is 11.5 Å². The molecule has 1 aliphatic heterocycles. The summed E-state index contributed by atoms with van der Waals surface area (Å²) in [5, 5.41) is 3.24. The Kier molecular flexibility index (Phi) is 2.92. The summed E-state index contributed by atoms with van der Waals surface area (Å²) in [5.74, 6) is 0.388. The van der Waals surface area contributed by atoms with E-state index in [1.807, 2.05) is 6.92 Å². The number of rotatable bonds is 1. The zero-order chi connectivity index (χ0) is 11.8. The van der Waals surface area contributed by atoms with E-state index < -0.39 is 11.9 Å². The summed E-state index contributed by atoms with van der Waals surface area (Å²) in [5.41, 5.74) is -0.775. The van der Waals surface area contributed by atoms with Gasteiger partial charge in [-0.15, -0.1) is 0 Å². The van der Waals surface area contributed by atoms with Crippen LogP contribution in [0.25, 0.3) is 0 Å². The second-order valence-electron chi connectivity index (χ2n) is 4.23. The van der Waals surface area contributed by atoms with Crippen LogP contribution in [0.15, 0.2) is 6.20 Å². The summed E-state index contributed by atoms with van der Waals surface area (Å²) in [7, 11) is 0. The van der Waals surface area contributed by atoms with Crippen molar-refractivity contribution in [1.29, 1.82) is 0 Å². The van der Waals surface area contributed by atoms with Gasteiger partial charge in [-0.2, -0.15) is 13.2 Å². The third-order valence-electron chi connectivity index (χ3n) is 2.85. The topological polar surface area (TPSA) is 40.7 Å². The number of aromatic nitrogens is 2. The maximum Gasteiger partial charge on any atom is 0.432 e. The Morgan fingerprint density at radius 1 is 1.38 bits per heavy atom. The molecule has 3 nitrogen and oxygen atoms in total. The second-order valence-corrected chi connectivity index (χ2v) is 4.23. The van der Waals surface area contributed by atoms with E-state index in [1.165, 1.54) is 0 Å². The smallest absolute Gasteiger partial charge is 0.337 e. The van der Waals surface area contributed by atoms with Crippen molar-refractivity contribution in [1.82, 2.24) is 15.3 Å². The lowest BCUT2D eigenvalue weighted by molar-refractivity contribution is -0.141. The van der Waals surface area contributed by atoms with Gasteiger partial charge in [0.2, 0.25) is 0 Å². The number of aromatic amines is 1. The van der Waals surface area contributed by atoms with Crippen LogP contribution in [0, 0.1) is 0 Å². The largest absolute Gasteiger partial charge is 0.432 e. The molecule has 1 aliphatic rings. The summed E-state index contributed by atoms with van der Waals surface area (Å²) in [4.78, 5) is 6.15. The fourth-order valence-electron chi connectivity index (χ4n) is 2.01. The zero-order valence-electron chi connectivity index (χ0n) is 8.93. The number of nitrogens with one attached hydrogen (secondary N) is 2. The fraction of sp³-hybridized carbons (Fsp3) is 0.700. The molecular weight excluding hydrogens is 219 g/mol. The molecule has 2 N–H and O–H groups in total. The van der Waals surface area contributed by atoms with E-state index in [0.717, 1.165) is 25.5 Å². The molecule has 2 heterocycles. The quantitative estimate of drug-likeness (QED) is 0.782.